The van der Waals surface area contributed by atoms with Crippen LogP contribution in [-0.2, 0) is 19.6 Å². The quantitative estimate of drug-likeness (QED) is 0.641. The molecule has 1 aliphatic heterocycles. The van der Waals surface area contributed by atoms with Crippen LogP contribution in [0.1, 0.15) is 32.6 Å². The molecule has 1 aliphatic rings. The summed E-state index contributed by atoms with van der Waals surface area (Å²) in [5.41, 5.74) is 4.32. The van der Waals surface area contributed by atoms with E-state index in [1.54, 1.807) is 31.4 Å². The van der Waals surface area contributed by atoms with Gasteiger partial charge in [-0.15, -0.1) is 0 Å². The van der Waals surface area contributed by atoms with Gasteiger partial charge < -0.3 is 14.4 Å². The zero-order valence-corrected chi connectivity index (χ0v) is 16.8. The van der Waals surface area contributed by atoms with E-state index in [0.29, 0.717) is 42.3 Å². The third-order valence-corrected chi connectivity index (χ3v) is 5.26. The number of nitrogens with zero attached hydrogens (tertiary/aromatic N) is 2. The lowest BCUT2D eigenvalue weighted by Crippen LogP contribution is -2.36. The monoisotopic (exact) mass is 398 g/mol. The molecule has 150 valence electrons. The summed E-state index contributed by atoms with van der Waals surface area (Å²) in [5.74, 6) is 1.30. The molecule has 0 fully saturated rings. The van der Waals surface area contributed by atoms with Crippen molar-refractivity contribution in [2.45, 2.75) is 19.6 Å². The van der Waals surface area contributed by atoms with Crippen molar-refractivity contribution in [2.24, 2.45) is 0 Å². The molecule has 0 N–H and O–H groups in total. The Kier molecular flexibility index (Phi) is 5.67. The molecular weight excluding hydrogens is 376 g/mol. The van der Waals surface area contributed by atoms with Crippen LogP contribution in [0, 0.1) is 11.3 Å². The first-order valence-electron chi connectivity index (χ1n) is 9.84. The topological polar surface area (TPSA) is 62.6 Å². The Balaban J connectivity index is 1.52. The Morgan fingerprint density at radius 2 is 1.83 bits per heavy atom. The van der Waals surface area contributed by atoms with Crippen molar-refractivity contribution in [3.05, 3.63) is 94.5 Å². The average Bonchev–Trinajstić information content (AvgIpc) is 2.82. The van der Waals surface area contributed by atoms with Gasteiger partial charge in [0.25, 0.3) is 5.91 Å². The second-order valence-electron chi connectivity index (χ2n) is 7.22. The number of nitriles is 1. The van der Waals surface area contributed by atoms with E-state index in [9.17, 15) is 4.79 Å². The minimum absolute atomic E-state index is 0.0684. The van der Waals surface area contributed by atoms with Crippen molar-refractivity contribution in [3.63, 3.8) is 0 Å². The fraction of sp³-hybridized carbons (Fsp3) is 0.200. The summed E-state index contributed by atoms with van der Waals surface area (Å²) in [6.07, 6.45) is 0.741. The van der Waals surface area contributed by atoms with Gasteiger partial charge in [0.15, 0.2) is 11.5 Å². The van der Waals surface area contributed by atoms with Crippen molar-refractivity contribution in [1.29, 1.82) is 5.26 Å². The van der Waals surface area contributed by atoms with E-state index in [1.807, 2.05) is 47.4 Å². The molecule has 0 aliphatic carbocycles. The SMILES string of the molecule is COc1cc2c(cc1OCc1ccccc1)CCN(C(=O)c1cccc(C#N)c1)C2. The maximum atomic E-state index is 12.9. The normalized spacial score (nSPS) is 12.6. The van der Waals surface area contributed by atoms with E-state index in [-0.39, 0.29) is 5.91 Å². The third kappa shape index (κ3) is 4.13. The first-order valence-corrected chi connectivity index (χ1v) is 9.84. The molecular formula is C25H22N2O3. The largest absolute Gasteiger partial charge is 0.493 e. The van der Waals surface area contributed by atoms with Crippen molar-refractivity contribution in [3.8, 4) is 17.6 Å². The van der Waals surface area contributed by atoms with Gasteiger partial charge in [-0.1, -0.05) is 36.4 Å². The van der Waals surface area contributed by atoms with Gasteiger partial charge in [-0.3, -0.25) is 4.79 Å². The van der Waals surface area contributed by atoms with E-state index in [4.69, 9.17) is 14.7 Å². The highest BCUT2D eigenvalue weighted by atomic mass is 16.5. The van der Waals surface area contributed by atoms with E-state index in [0.717, 1.165) is 23.1 Å². The Bertz CT molecular complexity index is 1100. The lowest BCUT2D eigenvalue weighted by molar-refractivity contribution is 0.0734. The van der Waals surface area contributed by atoms with Crippen LogP contribution in [0.5, 0.6) is 11.5 Å². The maximum absolute atomic E-state index is 12.9. The van der Waals surface area contributed by atoms with Gasteiger partial charge in [-0.2, -0.15) is 5.26 Å². The highest BCUT2D eigenvalue weighted by molar-refractivity contribution is 5.94. The van der Waals surface area contributed by atoms with Crippen LogP contribution in [0.3, 0.4) is 0 Å². The molecule has 0 radical (unpaired) electrons. The van der Waals surface area contributed by atoms with Crippen LogP contribution in [-0.4, -0.2) is 24.5 Å². The maximum Gasteiger partial charge on any atom is 0.254 e. The minimum atomic E-state index is -0.0684. The predicted molar refractivity (Wildman–Crippen MR) is 113 cm³/mol. The summed E-state index contributed by atoms with van der Waals surface area (Å²) >= 11 is 0. The molecule has 1 heterocycles. The van der Waals surface area contributed by atoms with Gasteiger partial charge in [0.2, 0.25) is 0 Å². The molecule has 5 heteroatoms. The number of rotatable bonds is 5. The van der Waals surface area contributed by atoms with Crippen LogP contribution in [0.2, 0.25) is 0 Å². The molecule has 4 rings (SSSR count). The number of methoxy groups -OCH3 is 1. The number of amides is 1. The number of fused-ring (bicyclic) bond motifs is 1. The van der Waals surface area contributed by atoms with E-state index in [2.05, 4.69) is 6.07 Å². The second-order valence-corrected chi connectivity index (χ2v) is 7.22. The van der Waals surface area contributed by atoms with Gasteiger partial charge in [0.1, 0.15) is 6.61 Å². The zero-order valence-electron chi connectivity index (χ0n) is 16.8. The molecule has 0 atom stereocenters. The predicted octanol–water partition coefficient (Wildman–Crippen LogP) is 4.34. The van der Waals surface area contributed by atoms with Gasteiger partial charge in [-0.25, -0.2) is 0 Å². The first-order chi connectivity index (χ1) is 14.7. The lowest BCUT2D eigenvalue weighted by Gasteiger charge is -2.30. The Morgan fingerprint density at radius 3 is 2.60 bits per heavy atom. The Hall–Kier alpha value is -3.78. The number of carbonyl (C=O) groups excluding carboxylic acids is 1. The van der Waals surface area contributed by atoms with Crippen molar-refractivity contribution < 1.29 is 14.3 Å². The van der Waals surface area contributed by atoms with Gasteiger partial charge >= 0.3 is 0 Å². The van der Waals surface area contributed by atoms with Crippen LogP contribution in [0.25, 0.3) is 0 Å². The number of carbonyl (C=O) groups is 1. The molecule has 0 spiro atoms. The van der Waals surface area contributed by atoms with Crippen molar-refractivity contribution in [2.75, 3.05) is 13.7 Å². The summed E-state index contributed by atoms with van der Waals surface area (Å²) in [7, 11) is 1.62. The molecule has 0 saturated heterocycles. The number of benzene rings is 3. The highest BCUT2D eigenvalue weighted by Gasteiger charge is 2.24. The molecule has 5 nitrogen and oxygen atoms in total. The molecule has 0 saturated carbocycles. The number of hydrogen-bond acceptors (Lipinski definition) is 4. The molecule has 3 aromatic rings. The second kappa shape index (κ2) is 8.71. The standard InChI is InChI=1S/C25H22N2O3/c1-29-23-14-22-16-27(25(28)21-9-5-8-19(12-21)15-26)11-10-20(22)13-24(23)30-17-18-6-3-2-4-7-18/h2-9,12-14H,10-11,16-17H2,1H3. The van der Waals surface area contributed by atoms with Crippen molar-refractivity contribution in [1.82, 2.24) is 4.90 Å². The number of ether oxygens (including phenoxy) is 2. The van der Waals surface area contributed by atoms with Gasteiger partial charge in [-0.05, 0) is 53.4 Å². The minimum Gasteiger partial charge on any atom is -0.493 e. The lowest BCUT2D eigenvalue weighted by atomic mass is 9.98. The summed E-state index contributed by atoms with van der Waals surface area (Å²) in [4.78, 5) is 14.7. The van der Waals surface area contributed by atoms with Crippen molar-refractivity contribution >= 4 is 5.91 Å². The van der Waals surface area contributed by atoms with Crippen LogP contribution < -0.4 is 9.47 Å². The Morgan fingerprint density at radius 1 is 1.03 bits per heavy atom. The fourth-order valence-corrected chi connectivity index (χ4v) is 3.65. The smallest absolute Gasteiger partial charge is 0.254 e. The Labute approximate surface area is 176 Å². The van der Waals surface area contributed by atoms with Crippen LogP contribution in [0.15, 0.2) is 66.7 Å². The molecule has 0 bridgehead atoms. The van der Waals surface area contributed by atoms with Gasteiger partial charge in [0, 0.05) is 18.7 Å². The molecule has 1 amide bonds. The van der Waals surface area contributed by atoms with E-state index in [1.165, 1.54) is 0 Å². The van der Waals surface area contributed by atoms with Crippen LogP contribution >= 0.6 is 0 Å². The summed E-state index contributed by atoms with van der Waals surface area (Å²) in [6, 6.07) is 22.9. The molecule has 0 aromatic heterocycles. The summed E-state index contributed by atoms with van der Waals surface area (Å²) in [6.45, 7) is 1.59. The van der Waals surface area contributed by atoms with E-state index < -0.39 is 0 Å². The summed E-state index contributed by atoms with van der Waals surface area (Å²) in [5, 5.41) is 9.08. The molecule has 3 aromatic carbocycles. The zero-order chi connectivity index (χ0) is 20.9. The third-order valence-electron chi connectivity index (χ3n) is 5.26. The molecule has 30 heavy (non-hydrogen) atoms. The van der Waals surface area contributed by atoms with E-state index >= 15 is 0 Å². The number of hydrogen-bond donors (Lipinski definition) is 0. The highest BCUT2D eigenvalue weighted by Crippen LogP contribution is 2.34. The fourth-order valence-electron chi connectivity index (χ4n) is 3.65. The first kappa shape index (κ1) is 19.5. The summed E-state index contributed by atoms with van der Waals surface area (Å²) < 4.78 is 11.6. The average molecular weight is 398 g/mol. The van der Waals surface area contributed by atoms with Crippen LogP contribution in [0.4, 0.5) is 0 Å². The van der Waals surface area contributed by atoms with Gasteiger partial charge in [0.05, 0.1) is 18.7 Å². The molecule has 0 unspecified atom stereocenters.